The maximum absolute atomic E-state index is 8.89. The Morgan fingerprint density at radius 2 is 2.11 bits per heavy atom. The van der Waals surface area contributed by atoms with Crippen LogP contribution in [0.4, 0.5) is 0 Å². The van der Waals surface area contributed by atoms with Gasteiger partial charge in [0.05, 0.1) is 19.2 Å². The summed E-state index contributed by atoms with van der Waals surface area (Å²) in [5.74, 6) is 0.642. The second-order valence-corrected chi connectivity index (χ2v) is 6.59. The number of rotatable bonds is 5. The number of hydrogen-bond donors (Lipinski definition) is 2. The second kappa shape index (κ2) is 7.08. The number of nitrogens with one attached hydrogen (secondary N) is 1. The zero-order valence-corrected chi connectivity index (χ0v) is 11.9. The van der Waals surface area contributed by atoms with Crippen LogP contribution in [0.25, 0.3) is 0 Å². The molecule has 0 bridgehead atoms. The molecule has 0 radical (unpaired) electrons. The molecule has 1 heterocycles. The van der Waals surface area contributed by atoms with Crippen molar-refractivity contribution in [3.63, 3.8) is 0 Å². The predicted molar refractivity (Wildman–Crippen MR) is 73.1 cm³/mol. The van der Waals surface area contributed by atoms with Gasteiger partial charge in [-0.1, -0.05) is 20.8 Å². The fraction of sp³-hybridized carbons (Fsp3) is 0.929. The summed E-state index contributed by atoms with van der Waals surface area (Å²) in [6, 6.07) is 2.66. The molecule has 0 aliphatic carbocycles. The van der Waals surface area contributed by atoms with Crippen LogP contribution in [0.15, 0.2) is 0 Å². The Kier molecular flexibility index (Phi) is 6.07. The molecule has 0 aromatic carbocycles. The fourth-order valence-electron chi connectivity index (χ4n) is 2.96. The molecule has 18 heavy (non-hydrogen) atoms. The molecule has 0 aromatic heterocycles. The Bertz CT molecular complexity index is 280. The third kappa shape index (κ3) is 5.81. The van der Waals surface area contributed by atoms with Crippen LogP contribution < -0.4 is 5.32 Å². The number of nitriles is 1. The maximum atomic E-state index is 8.89. The van der Waals surface area contributed by atoms with E-state index in [2.05, 4.69) is 37.1 Å². The van der Waals surface area contributed by atoms with E-state index >= 15 is 0 Å². The summed E-state index contributed by atoms with van der Waals surface area (Å²) in [4.78, 5) is 2.23. The molecule has 2 unspecified atom stereocenters. The van der Waals surface area contributed by atoms with Gasteiger partial charge in [-0.25, -0.2) is 0 Å². The van der Waals surface area contributed by atoms with Gasteiger partial charge in [0.25, 0.3) is 0 Å². The summed E-state index contributed by atoms with van der Waals surface area (Å²) in [5, 5.41) is 21.1. The Labute approximate surface area is 111 Å². The van der Waals surface area contributed by atoms with Crippen molar-refractivity contribution in [2.75, 3.05) is 32.8 Å². The van der Waals surface area contributed by atoms with Crippen LogP contribution in [0, 0.1) is 22.7 Å². The molecule has 0 amide bonds. The van der Waals surface area contributed by atoms with Crippen LogP contribution in [0.3, 0.4) is 0 Å². The van der Waals surface area contributed by atoms with Gasteiger partial charge < -0.3 is 10.4 Å². The molecule has 1 aliphatic rings. The van der Waals surface area contributed by atoms with Crippen LogP contribution in [-0.4, -0.2) is 48.8 Å². The average molecular weight is 253 g/mol. The van der Waals surface area contributed by atoms with Gasteiger partial charge in [-0.15, -0.1) is 0 Å². The molecule has 0 spiro atoms. The van der Waals surface area contributed by atoms with Gasteiger partial charge in [0, 0.05) is 25.7 Å². The largest absolute Gasteiger partial charge is 0.395 e. The van der Waals surface area contributed by atoms with Crippen molar-refractivity contribution in [2.24, 2.45) is 11.3 Å². The minimum Gasteiger partial charge on any atom is -0.395 e. The van der Waals surface area contributed by atoms with E-state index in [1.54, 1.807) is 0 Å². The monoisotopic (exact) mass is 253 g/mol. The fourth-order valence-corrected chi connectivity index (χ4v) is 2.96. The molecular formula is C14H27N3O. The smallest absolute Gasteiger partial charge is 0.0866 e. The topological polar surface area (TPSA) is 59.3 Å². The molecule has 0 aromatic rings. The van der Waals surface area contributed by atoms with Crippen molar-refractivity contribution >= 4 is 0 Å². The highest BCUT2D eigenvalue weighted by atomic mass is 16.3. The molecule has 104 valence electrons. The lowest BCUT2D eigenvalue weighted by Gasteiger charge is -2.39. The summed E-state index contributed by atoms with van der Waals surface area (Å²) in [6.45, 7) is 10.1. The second-order valence-electron chi connectivity index (χ2n) is 6.59. The van der Waals surface area contributed by atoms with Crippen LogP contribution in [0.1, 0.15) is 33.6 Å². The first-order valence-corrected chi connectivity index (χ1v) is 6.88. The van der Waals surface area contributed by atoms with E-state index in [-0.39, 0.29) is 6.61 Å². The molecule has 4 nitrogen and oxygen atoms in total. The van der Waals surface area contributed by atoms with E-state index in [9.17, 15) is 0 Å². The van der Waals surface area contributed by atoms with Crippen LogP contribution in [-0.2, 0) is 0 Å². The molecule has 0 saturated carbocycles. The van der Waals surface area contributed by atoms with Gasteiger partial charge in [-0.05, 0) is 24.2 Å². The van der Waals surface area contributed by atoms with Crippen molar-refractivity contribution in [2.45, 2.75) is 39.7 Å². The standard InChI is InChI=1S/C14H27N3O/c1-14(2,3)9-12-8-13(16-5-7-18)11-17(10-12)6-4-15/h12-13,16,18H,5-11H2,1-3H3. The molecule has 1 aliphatic heterocycles. The van der Waals surface area contributed by atoms with E-state index in [0.29, 0.717) is 30.5 Å². The Hall–Kier alpha value is -0.630. The third-order valence-electron chi connectivity index (χ3n) is 3.35. The lowest BCUT2D eigenvalue weighted by molar-refractivity contribution is 0.122. The van der Waals surface area contributed by atoms with Gasteiger partial charge >= 0.3 is 0 Å². The van der Waals surface area contributed by atoms with E-state index in [0.717, 1.165) is 19.5 Å². The van der Waals surface area contributed by atoms with Crippen LogP contribution in [0.5, 0.6) is 0 Å². The number of hydrogen-bond acceptors (Lipinski definition) is 4. The first-order chi connectivity index (χ1) is 8.44. The zero-order chi connectivity index (χ0) is 13.6. The number of piperidine rings is 1. The molecule has 2 atom stereocenters. The highest BCUT2D eigenvalue weighted by Gasteiger charge is 2.29. The normalized spacial score (nSPS) is 25.9. The maximum Gasteiger partial charge on any atom is 0.0866 e. The Morgan fingerprint density at radius 3 is 2.67 bits per heavy atom. The number of nitrogens with zero attached hydrogens (tertiary/aromatic N) is 2. The zero-order valence-electron chi connectivity index (χ0n) is 11.9. The average Bonchev–Trinajstić information content (AvgIpc) is 2.24. The van der Waals surface area contributed by atoms with Crippen molar-refractivity contribution in [1.82, 2.24) is 10.2 Å². The molecule has 1 fully saturated rings. The number of aliphatic hydroxyl groups is 1. The highest BCUT2D eigenvalue weighted by molar-refractivity contribution is 4.89. The van der Waals surface area contributed by atoms with Crippen molar-refractivity contribution in [3.05, 3.63) is 0 Å². The predicted octanol–water partition coefficient (Wildman–Crippen LogP) is 1.22. The summed E-state index contributed by atoms with van der Waals surface area (Å²) in [5.41, 5.74) is 0.335. The first-order valence-electron chi connectivity index (χ1n) is 6.88. The van der Waals surface area contributed by atoms with Gasteiger partial charge in [0.15, 0.2) is 0 Å². The van der Waals surface area contributed by atoms with Crippen LogP contribution >= 0.6 is 0 Å². The molecule has 4 heteroatoms. The van der Waals surface area contributed by atoms with Crippen molar-refractivity contribution in [1.29, 1.82) is 5.26 Å². The lowest BCUT2D eigenvalue weighted by Crippen LogP contribution is -2.50. The first kappa shape index (κ1) is 15.4. The minimum absolute atomic E-state index is 0.179. The molecule has 1 rings (SSSR count). The SMILES string of the molecule is CC(C)(C)CC1CC(NCCO)CN(CC#N)C1. The summed E-state index contributed by atoms with van der Waals surface area (Å²) < 4.78 is 0. The van der Waals surface area contributed by atoms with E-state index in [1.807, 2.05) is 0 Å². The number of likely N-dealkylation sites (tertiary alicyclic amines) is 1. The molecule has 1 saturated heterocycles. The minimum atomic E-state index is 0.179. The highest BCUT2D eigenvalue weighted by Crippen LogP contribution is 2.30. The Morgan fingerprint density at radius 1 is 1.39 bits per heavy atom. The van der Waals surface area contributed by atoms with Gasteiger partial charge in [-0.3, -0.25) is 4.90 Å². The van der Waals surface area contributed by atoms with E-state index < -0.39 is 0 Å². The lowest BCUT2D eigenvalue weighted by atomic mass is 9.80. The number of aliphatic hydroxyl groups excluding tert-OH is 1. The molecular weight excluding hydrogens is 226 g/mol. The van der Waals surface area contributed by atoms with E-state index in [4.69, 9.17) is 10.4 Å². The summed E-state index contributed by atoms with van der Waals surface area (Å²) in [6.07, 6.45) is 2.34. The van der Waals surface area contributed by atoms with Crippen molar-refractivity contribution < 1.29 is 5.11 Å². The van der Waals surface area contributed by atoms with Crippen LogP contribution in [0.2, 0.25) is 0 Å². The molecule has 2 N–H and O–H groups in total. The summed E-state index contributed by atoms with van der Waals surface area (Å²) >= 11 is 0. The van der Waals surface area contributed by atoms with Crippen molar-refractivity contribution in [3.8, 4) is 6.07 Å². The quantitative estimate of drug-likeness (QED) is 0.723. The van der Waals surface area contributed by atoms with Gasteiger partial charge in [0.1, 0.15) is 0 Å². The third-order valence-corrected chi connectivity index (χ3v) is 3.35. The van der Waals surface area contributed by atoms with E-state index in [1.165, 1.54) is 6.42 Å². The summed E-state index contributed by atoms with van der Waals surface area (Å²) in [7, 11) is 0. The van der Waals surface area contributed by atoms with Gasteiger partial charge in [-0.2, -0.15) is 5.26 Å². The van der Waals surface area contributed by atoms with Gasteiger partial charge in [0.2, 0.25) is 0 Å². The Balaban J connectivity index is 2.54.